The largest absolute Gasteiger partial charge is 0.373 e. The highest BCUT2D eigenvalue weighted by Crippen LogP contribution is 2.23. The third-order valence-corrected chi connectivity index (χ3v) is 2.14. The normalized spacial score (nSPS) is 39.0. The third kappa shape index (κ3) is 1.01. The molecule has 0 aliphatic carbocycles. The Morgan fingerprint density at radius 1 is 1.40 bits per heavy atom. The molecular weight excluding hydrogens is 130 g/mol. The predicted molar refractivity (Wildman–Crippen MR) is 35.5 cm³/mol. The van der Waals surface area contributed by atoms with E-state index < -0.39 is 0 Å². The Morgan fingerprint density at radius 3 is 3.10 bits per heavy atom. The Morgan fingerprint density at radius 2 is 2.20 bits per heavy atom. The molecule has 2 bridgehead atoms. The molecule has 10 heavy (non-hydrogen) atoms. The molecule has 0 saturated carbocycles. The molecule has 2 aliphatic heterocycles. The van der Waals surface area contributed by atoms with Gasteiger partial charge in [-0.25, -0.2) is 0 Å². The lowest BCUT2D eigenvalue weighted by molar-refractivity contribution is -0.121. The number of fused-ring (bicyclic) bond motifs is 2. The van der Waals surface area contributed by atoms with E-state index in [0.717, 1.165) is 19.4 Å². The van der Waals surface area contributed by atoms with Crippen LogP contribution >= 0.6 is 0 Å². The van der Waals surface area contributed by atoms with Crippen molar-refractivity contribution in [2.45, 2.75) is 31.5 Å². The molecule has 2 rings (SSSR count). The molecular formula is C7H11NO2. The molecule has 0 radical (unpaired) electrons. The molecule has 2 aliphatic rings. The van der Waals surface area contributed by atoms with E-state index in [1.807, 2.05) is 0 Å². The van der Waals surface area contributed by atoms with Gasteiger partial charge in [-0.3, -0.25) is 4.79 Å². The molecule has 0 aromatic carbocycles. The van der Waals surface area contributed by atoms with Gasteiger partial charge >= 0.3 is 0 Å². The van der Waals surface area contributed by atoms with Gasteiger partial charge in [-0.15, -0.1) is 0 Å². The van der Waals surface area contributed by atoms with Gasteiger partial charge in [-0.05, 0) is 12.8 Å². The van der Waals surface area contributed by atoms with Crippen LogP contribution in [-0.4, -0.2) is 24.7 Å². The summed E-state index contributed by atoms with van der Waals surface area (Å²) in [5.41, 5.74) is 0. The first-order chi connectivity index (χ1) is 4.84. The average molecular weight is 141 g/mol. The van der Waals surface area contributed by atoms with E-state index in [-0.39, 0.29) is 12.0 Å². The molecule has 2 heterocycles. The van der Waals surface area contributed by atoms with E-state index in [0.29, 0.717) is 12.5 Å². The summed E-state index contributed by atoms with van der Waals surface area (Å²) in [5.74, 6) is 0.146. The first kappa shape index (κ1) is 6.16. The highest BCUT2D eigenvalue weighted by molar-refractivity contribution is 5.76. The van der Waals surface area contributed by atoms with Crippen molar-refractivity contribution in [1.29, 1.82) is 0 Å². The zero-order valence-electron chi connectivity index (χ0n) is 5.80. The number of carbonyl (C=O) groups is 1. The number of rotatable bonds is 0. The van der Waals surface area contributed by atoms with Gasteiger partial charge in [0, 0.05) is 6.54 Å². The van der Waals surface area contributed by atoms with Crippen LogP contribution in [0, 0.1) is 0 Å². The average Bonchev–Trinajstić information content (AvgIpc) is 2.22. The van der Waals surface area contributed by atoms with Crippen LogP contribution in [0.25, 0.3) is 0 Å². The SMILES string of the molecule is O=C1C[C@@H]2CC[C@H](CN1)O2. The van der Waals surface area contributed by atoms with Crippen LogP contribution in [-0.2, 0) is 9.53 Å². The minimum Gasteiger partial charge on any atom is -0.373 e. The number of amides is 1. The van der Waals surface area contributed by atoms with E-state index in [1.54, 1.807) is 0 Å². The maximum atomic E-state index is 10.9. The lowest BCUT2D eigenvalue weighted by Crippen LogP contribution is -2.29. The zero-order valence-corrected chi connectivity index (χ0v) is 5.80. The maximum absolute atomic E-state index is 10.9. The van der Waals surface area contributed by atoms with Crippen molar-refractivity contribution in [3.8, 4) is 0 Å². The van der Waals surface area contributed by atoms with E-state index in [4.69, 9.17) is 4.74 Å². The maximum Gasteiger partial charge on any atom is 0.222 e. The molecule has 1 N–H and O–H groups in total. The van der Waals surface area contributed by atoms with Gasteiger partial charge in [0.15, 0.2) is 0 Å². The molecule has 0 aromatic heterocycles. The van der Waals surface area contributed by atoms with Gasteiger partial charge in [0.1, 0.15) is 0 Å². The van der Waals surface area contributed by atoms with Crippen LogP contribution < -0.4 is 5.32 Å². The van der Waals surface area contributed by atoms with E-state index in [2.05, 4.69) is 5.32 Å². The van der Waals surface area contributed by atoms with Crippen LogP contribution in [0.4, 0.5) is 0 Å². The van der Waals surface area contributed by atoms with Crippen LogP contribution in [0.1, 0.15) is 19.3 Å². The van der Waals surface area contributed by atoms with E-state index in [9.17, 15) is 4.79 Å². The van der Waals surface area contributed by atoms with Crippen LogP contribution in [0.5, 0.6) is 0 Å². The lowest BCUT2D eigenvalue weighted by atomic mass is 10.1. The smallest absolute Gasteiger partial charge is 0.222 e. The third-order valence-electron chi connectivity index (χ3n) is 2.14. The highest BCUT2D eigenvalue weighted by Gasteiger charge is 2.30. The Bertz CT molecular complexity index is 158. The minimum atomic E-state index is 0.146. The number of hydrogen-bond donors (Lipinski definition) is 1. The summed E-state index contributed by atoms with van der Waals surface area (Å²) in [7, 11) is 0. The van der Waals surface area contributed by atoms with Crippen molar-refractivity contribution in [3.05, 3.63) is 0 Å². The number of nitrogens with one attached hydrogen (secondary N) is 1. The Balaban J connectivity index is 2.05. The fourth-order valence-corrected chi connectivity index (χ4v) is 1.59. The Labute approximate surface area is 59.7 Å². The van der Waals surface area contributed by atoms with Crippen molar-refractivity contribution < 1.29 is 9.53 Å². The molecule has 3 heteroatoms. The summed E-state index contributed by atoms with van der Waals surface area (Å²) < 4.78 is 5.51. The van der Waals surface area contributed by atoms with Crippen LogP contribution in [0.15, 0.2) is 0 Å². The molecule has 0 aromatic rings. The molecule has 56 valence electrons. The molecule has 0 unspecified atom stereocenters. The fourth-order valence-electron chi connectivity index (χ4n) is 1.59. The van der Waals surface area contributed by atoms with Gasteiger partial charge in [-0.1, -0.05) is 0 Å². The lowest BCUT2D eigenvalue weighted by Gasteiger charge is -2.05. The predicted octanol–water partition coefficient (Wildman–Crippen LogP) is 0.0539. The monoisotopic (exact) mass is 141 g/mol. The van der Waals surface area contributed by atoms with Crippen molar-refractivity contribution in [1.82, 2.24) is 5.32 Å². The summed E-state index contributed by atoms with van der Waals surface area (Å²) in [6.07, 6.45) is 3.27. The molecule has 2 fully saturated rings. The van der Waals surface area contributed by atoms with Gasteiger partial charge in [0.05, 0.1) is 18.6 Å². The van der Waals surface area contributed by atoms with E-state index >= 15 is 0 Å². The van der Waals surface area contributed by atoms with Crippen molar-refractivity contribution >= 4 is 5.91 Å². The van der Waals surface area contributed by atoms with Crippen molar-refractivity contribution in [2.24, 2.45) is 0 Å². The summed E-state index contributed by atoms with van der Waals surface area (Å²) in [6, 6.07) is 0. The number of ether oxygens (including phenoxy) is 1. The second-order valence-electron chi connectivity index (χ2n) is 2.97. The number of hydrogen-bond acceptors (Lipinski definition) is 2. The topological polar surface area (TPSA) is 38.3 Å². The summed E-state index contributed by atoms with van der Waals surface area (Å²) in [4.78, 5) is 10.9. The van der Waals surface area contributed by atoms with Crippen molar-refractivity contribution in [3.63, 3.8) is 0 Å². The highest BCUT2D eigenvalue weighted by atomic mass is 16.5. The second-order valence-corrected chi connectivity index (χ2v) is 2.97. The van der Waals surface area contributed by atoms with Crippen LogP contribution in [0.2, 0.25) is 0 Å². The van der Waals surface area contributed by atoms with E-state index in [1.165, 1.54) is 0 Å². The molecule has 1 amide bonds. The number of carbonyl (C=O) groups excluding carboxylic acids is 1. The molecule has 0 spiro atoms. The van der Waals surface area contributed by atoms with Gasteiger partial charge in [0.25, 0.3) is 0 Å². The Hall–Kier alpha value is -0.570. The van der Waals surface area contributed by atoms with Crippen LogP contribution in [0.3, 0.4) is 0 Å². The zero-order chi connectivity index (χ0) is 6.97. The Kier molecular flexibility index (Phi) is 1.38. The standard InChI is InChI=1S/C7H11NO2/c9-7-3-5-1-2-6(10-5)4-8-7/h5-6H,1-4H2,(H,8,9)/t5-,6+/m0/s1. The van der Waals surface area contributed by atoms with Gasteiger partial charge < -0.3 is 10.1 Å². The fraction of sp³-hybridized carbons (Fsp3) is 0.857. The first-order valence-electron chi connectivity index (χ1n) is 3.77. The second kappa shape index (κ2) is 2.23. The summed E-state index contributed by atoms with van der Waals surface area (Å²) in [6.45, 7) is 0.718. The van der Waals surface area contributed by atoms with Crippen molar-refractivity contribution in [2.75, 3.05) is 6.54 Å². The summed E-state index contributed by atoms with van der Waals surface area (Å²) >= 11 is 0. The first-order valence-corrected chi connectivity index (χ1v) is 3.77. The molecule has 3 nitrogen and oxygen atoms in total. The quantitative estimate of drug-likeness (QED) is 0.517. The van der Waals surface area contributed by atoms with Gasteiger partial charge in [-0.2, -0.15) is 0 Å². The van der Waals surface area contributed by atoms with Gasteiger partial charge in [0.2, 0.25) is 5.91 Å². The summed E-state index contributed by atoms with van der Waals surface area (Å²) in [5, 5.41) is 2.81. The molecule has 2 atom stereocenters. The molecule has 2 saturated heterocycles. The minimum absolute atomic E-state index is 0.146.